The van der Waals surface area contributed by atoms with Gasteiger partial charge in [-0.25, -0.2) is 4.79 Å². The number of fused-ring (bicyclic) bond motifs is 1. The molecule has 1 saturated heterocycles. The van der Waals surface area contributed by atoms with E-state index in [1.807, 2.05) is 18.2 Å². The lowest BCUT2D eigenvalue weighted by Gasteiger charge is -2.23. The zero-order valence-corrected chi connectivity index (χ0v) is 16.9. The van der Waals surface area contributed by atoms with Gasteiger partial charge in [-0.05, 0) is 47.1 Å². The lowest BCUT2D eigenvalue weighted by Crippen LogP contribution is -2.31. The van der Waals surface area contributed by atoms with E-state index in [0.717, 1.165) is 51.8 Å². The zero-order chi connectivity index (χ0) is 20.8. The molecule has 7 heteroatoms. The lowest BCUT2D eigenvalue weighted by molar-refractivity contribution is -0.126. The van der Waals surface area contributed by atoms with Gasteiger partial charge in [-0.2, -0.15) is 0 Å². The molecule has 0 aromatic heterocycles. The highest BCUT2D eigenvalue weighted by molar-refractivity contribution is 6.10. The van der Waals surface area contributed by atoms with Crippen molar-refractivity contribution in [1.29, 1.82) is 0 Å². The Kier molecular flexibility index (Phi) is 4.46. The maximum Gasteiger partial charge on any atom is 0.324 e. The van der Waals surface area contributed by atoms with Crippen molar-refractivity contribution in [3.63, 3.8) is 0 Å². The van der Waals surface area contributed by atoms with E-state index >= 15 is 0 Å². The molecule has 1 aromatic carbocycles. The summed E-state index contributed by atoms with van der Waals surface area (Å²) in [4.78, 5) is 25.0. The molecule has 2 aliphatic carbocycles. The Morgan fingerprint density at radius 1 is 1.20 bits per heavy atom. The summed E-state index contributed by atoms with van der Waals surface area (Å²) in [5.74, 6) is 0.564. The number of nitrogens with one attached hydrogen (secondary N) is 1. The SMILES string of the molecule is C=CC1=C2N=NN=C2CC(CC2CC2)=C1c1ccc(CC2NC(=O)N(C)C2=O)cc1. The molecular formula is C23H23N5O2. The number of allylic oxidation sites excluding steroid dienone is 5. The highest BCUT2D eigenvalue weighted by atomic mass is 16.2. The zero-order valence-electron chi connectivity index (χ0n) is 16.9. The highest BCUT2D eigenvalue weighted by Crippen LogP contribution is 2.45. The third-order valence-electron chi connectivity index (χ3n) is 6.19. The first-order chi connectivity index (χ1) is 14.5. The normalized spacial score (nSPS) is 23.2. The molecule has 1 N–H and O–H groups in total. The minimum absolute atomic E-state index is 0.192. The fourth-order valence-electron chi connectivity index (χ4n) is 4.38. The summed E-state index contributed by atoms with van der Waals surface area (Å²) in [6.07, 6.45) is 6.74. The number of carbonyl (C=O) groups is 2. The Labute approximate surface area is 174 Å². The van der Waals surface area contributed by atoms with Gasteiger partial charge in [0, 0.05) is 25.5 Å². The number of carbonyl (C=O) groups excluding carboxylic acids is 2. The smallest absolute Gasteiger partial charge is 0.324 e. The topological polar surface area (TPSA) is 86.5 Å². The van der Waals surface area contributed by atoms with E-state index < -0.39 is 6.04 Å². The average molecular weight is 401 g/mol. The van der Waals surface area contributed by atoms with Gasteiger partial charge < -0.3 is 5.32 Å². The summed E-state index contributed by atoms with van der Waals surface area (Å²) in [5.41, 5.74) is 7.41. The van der Waals surface area contributed by atoms with Gasteiger partial charge in [0.1, 0.15) is 11.7 Å². The third kappa shape index (κ3) is 3.20. The van der Waals surface area contributed by atoms with Crippen molar-refractivity contribution in [2.24, 2.45) is 21.4 Å². The molecule has 0 radical (unpaired) electrons. The Morgan fingerprint density at radius 2 is 1.97 bits per heavy atom. The highest BCUT2D eigenvalue weighted by Gasteiger charge is 2.35. The van der Waals surface area contributed by atoms with Crippen LogP contribution in [-0.4, -0.2) is 35.6 Å². The summed E-state index contributed by atoms with van der Waals surface area (Å²) in [6.45, 7) is 4.03. The molecule has 3 amide bonds. The quantitative estimate of drug-likeness (QED) is 0.731. The summed E-state index contributed by atoms with van der Waals surface area (Å²) < 4.78 is 0. The molecule has 1 unspecified atom stereocenters. The first-order valence-electron chi connectivity index (χ1n) is 10.3. The molecule has 4 aliphatic rings. The van der Waals surface area contributed by atoms with Crippen molar-refractivity contribution in [2.75, 3.05) is 7.05 Å². The fourth-order valence-corrected chi connectivity index (χ4v) is 4.38. The van der Waals surface area contributed by atoms with Gasteiger partial charge in [0.2, 0.25) is 0 Å². The lowest BCUT2D eigenvalue weighted by atomic mass is 9.81. The maximum absolute atomic E-state index is 12.2. The summed E-state index contributed by atoms with van der Waals surface area (Å²) in [6, 6.07) is 7.38. The second kappa shape index (κ2) is 7.16. The van der Waals surface area contributed by atoms with Crippen LogP contribution >= 0.6 is 0 Å². The minimum Gasteiger partial charge on any atom is -0.325 e. The molecule has 7 nitrogen and oxygen atoms in total. The van der Waals surface area contributed by atoms with Gasteiger partial charge in [0.05, 0.1) is 5.71 Å². The van der Waals surface area contributed by atoms with Crippen LogP contribution in [0.1, 0.15) is 36.8 Å². The van der Waals surface area contributed by atoms with Crippen molar-refractivity contribution in [1.82, 2.24) is 10.2 Å². The Morgan fingerprint density at radius 3 is 2.60 bits per heavy atom. The Balaban J connectivity index is 1.45. The first-order valence-corrected chi connectivity index (χ1v) is 10.3. The number of hydrogen-bond acceptors (Lipinski definition) is 5. The molecule has 2 fully saturated rings. The van der Waals surface area contributed by atoms with Crippen LogP contribution in [0.3, 0.4) is 0 Å². The van der Waals surface area contributed by atoms with Crippen LogP contribution in [0.15, 0.2) is 69.2 Å². The van der Waals surface area contributed by atoms with Gasteiger partial charge in [0.15, 0.2) is 0 Å². The van der Waals surface area contributed by atoms with Gasteiger partial charge in [-0.3, -0.25) is 9.69 Å². The van der Waals surface area contributed by atoms with E-state index in [9.17, 15) is 9.59 Å². The molecule has 1 saturated carbocycles. The van der Waals surface area contributed by atoms with Crippen LogP contribution in [0, 0.1) is 5.92 Å². The summed E-state index contributed by atoms with van der Waals surface area (Å²) in [5, 5.41) is 15.1. The van der Waals surface area contributed by atoms with Crippen LogP contribution in [0.25, 0.3) is 5.57 Å². The number of benzene rings is 1. The number of nitrogens with zero attached hydrogens (tertiary/aromatic N) is 4. The van der Waals surface area contributed by atoms with E-state index in [2.05, 4.69) is 39.5 Å². The van der Waals surface area contributed by atoms with E-state index in [1.165, 1.54) is 31.0 Å². The van der Waals surface area contributed by atoms with Crippen molar-refractivity contribution in [3.8, 4) is 0 Å². The van der Waals surface area contributed by atoms with Crippen LogP contribution < -0.4 is 5.32 Å². The molecule has 1 aromatic rings. The molecule has 2 aliphatic heterocycles. The molecule has 30 heavy (non-hydrogen) atoms. The second-order valence-corrected chi connectivity index (χ2v) is 8.31. The van der Waals surface area contributed by atoms with Gasteiger partial charge in [-0.15, -0.1) is 10.2 Å². The number of likely N-dealkylation sites (N-methyl/N-ethyl adjacent to an activating group) is 1. The second-order valence-electron chi connectivity index (χ2n) is 8.31. The fraction of sp³-hybridized carbons (Fsp3) is 0.348. The summed E-state index contributed by atoms with van der Waals surface area (Å²) >= 11 is 0. The molecular weight excluding hydrogens is 378 g/mol. The number of amides is 3. The van der Waals surface area contributed by atoms with Crippen molar-refractivity contribution in [2.45, 2.75) is 38.1 Å². The standard InChI is InChI=1S/C23H23N5O2/c1-3-17-20(16(10-13-4-5-13)12-18-21(17)26-27-25-18)15-8-6-14(7-9-15)11-19-22(29)28(2)23(30)24-19/h3,6-9,13,19H,1,4-5,10-12H2,2H3,(H,24,30). The average Bonchev–Trinajstić information content (AvgIpc) is 3.38. The Hall–Kier alpha value is -3.35. The van der Waals surface area contributed by atoms with Crippen LogP contribution in [0.5, 0.6) is 0 Å². The molecule has 0 spiro atoms. The predicted molar refractivity (Wildman–Crippen MR) is 114 cm³/mol. The number of rotatable bonds is 6. The third-order valence-corrected chi connectivity index (χ3v) is 6.19. The van der Waals surface area contributed by atoms with E-state index in [0.29, 0.717) is 6.42 Å². The van der Waals surface area contributed by atoms with Gasteiger partial charge in [0.25, 0.3) is 5.91 Å². The molecule has 0 bridgehead atoms. The molecule has 5 rings (SSSR count). The predicted octanol–water partition coefficient (Wildman–Crippen LogP) is 4.00. The van der Waals surface area contributed by atoms with E-state index in [-0.39, 0.29) is 11.9 Å². The number of hydrogen-bond donors (Lipinski definition) is 1. The van der Waals surface area contributed by atoms with Crippen molar-refractivity contribution < 1.29 is 9.59 Å². The van der Waals surface area contributed by atoms with Crippen molar-refractivity contribution >= 4 is 23.2 Å². The number of urea groups is 1. The van der Waals surface area contributed by atoms with Crippen molar-refractivity contribution in [3.05, 3.63) is 64.9 Å². The van der Waals surface area contributed by atoms with E-state index in [4.69, 9.17) is 0 Å². The summed E-state index contributed by atoms with van der Waals surface area (Å²) in [7, 11) is 1.50. The van der Waals surface area contributed by atoms with Crippen LogP contribution in [0.2, 0.25) is 0 Å². The van der Waals surface area contributed by atoms with Gasteiger partial charge in [-0.1, -0.05) is 42.5 Å². The van der Waals surface area contributed by atoms with Crippen LogP contribution in [0.4, 0.5) is 4.79 Å². The molecule has 2 heterocycles. The van der Waals surface area contributed by atoms with E-state index in [1.54, 1.807) is 0 Å². The maximum atomic E-state index is 12.2. The van der Waals surface area contributed by atoms with Crippen LogP contribution in [-0.2, 0) is 11.2 Å². The monoisotopic (exact) mass is 401 g/mol. The van der Waals surface area contributed by atoms with Gasteiger partial charge >= 0.3 is 6.03 Å². The molecule has 1 atom stereocenters. The largest absolute Gasteiger partial charge is 0.325 e. The number of imide groups is 1. The molecule has 152 valence electrons. The first kappa shape index (κ1) is 18.7. The Bertz CT molecular complexity index is 1070. The minimum atomic E-state index is -0.504.